The zero-order valence-electron chi connectivity index (χ0n) is 12.1. The van der Waals surface area contributed by atoms with Crippen LogP contribution < -0.4 is 5.32 Å². The van der Waals surface area contributed by atoms with Crippen LogP contribution in [0.2, 0.25) is 0 Å². The van der Waals surface area contributed by atoms with Crippen LogP contribution in [0.25, 0.3) is 0 Å². The minimum absolute atomic E-state index is 0.148. The molecule has 21 heavy (non-hydrogen) atoms. The van der Waals surface area contributed by atoms with Crippen LogP contribution in [-0.4, -0.2) is 12.0 Å². The van der Waals surface area contributed by atoms with E-state index in [1.54, 1.807) is 18.2 Å². The first-order valence-electron chi connectivity index (χ1n) is 6.84. The van der Waals surface area contributed by atoms with Crippen molar-refractivity contribution in [1.82, 2.24) is 5.32 Å². The van der Waals surface area contributed by atoms with Crippen LogP contribution in [-0.2, 0) is 0 Å². The number of hydrogen-bond acceptors (Lipinski definition) is 4. The van der Waals surface area contributed by atoms with Gasteiger partial charge in [-0.1, -0.05) is 49.0 Å². The number of nitrogens with one attached hydrogen (secondary N) is 1. The molecule has 2 aromatic carbocycles. The molecule has 0 saturated carbocycles. The van der Waals surface area contributed by atoms with Crippen molar-refractivity contribution in [2.24, 2.45) is 0 Å². The lowest BCUT2D eigenvalue weighted by molar-refractivity contribution is -0.387. The Hall–Kier alpha value is -1.85. The number of hydrogen-bond donors (Lipinski definition) is 1. The van der Waals surface area contributed by atoms with Gasteiger partial charge in [-0.05, 0) is 31.2 Å². The molecule has 110 valence electrons. The fraction of sp³-hybridized carbons (Fsp3) is 0.250. The van der Waals surface area contributed by atoms with Crippen LogP contribution in [0, 0.1) is 10.1 Å². The molecule has 0 aliphatic heterocycles. The first-order chi connectivity index (χ1) is 10.2. The molecule has 0 radical (unpaired) electrons. The Balaban J connectivity index is 2.39. The summed E-state index contributed by atoms with van der Waals surface area (Å²) in [6.07, 6.45) is 0.963. The molecule has 0 amide bonds. The summed E-state index contributed by atoms with van der Waals surface area (Å²) in [6.45, 7) is 2.12. The first kappa shape index (κ1) is 15.5. The Morgan fingerprint density at radius 2 is 1.76 bits per heavy atom. The summed E-state index contributed by atoms with van der Waals surface area (Å²) in [5.74, 6) is 0. The molecule has 0 aliphatic rings. The van der Waals surface area contributed by atoms with Crippen molar-refractivity contribution < 1.29 is 4.92 Å². The van der Waals surface area contributed by atoms with Crippen LogP contribution in [0.15, 0.2) is 58.3 Å². The second-order valence-electron chi connectivity index (χ2n) is 4.61. The van der Waals surface area contributed by atoms with Gasteiger partial charge < -0.3 is 5.32 Å². The lowest BCUT2D eigenvalue weighted by Crippen LogP contribution is -2.15. The van der Waals surface area contributed by atoms with E-state index in [-0.39, 0.29) is 16.7 Å². The van der Waals surface area contributed by atoms with E-state index in [2.05, 4.69) is 18.3 Å². The Bertz CT molecular complexity index is 627. The molecular weight excluding hydrogens is 284 g/mol. The fourth-order valence-electron chi connectivity index (χ4n) is 2.25. The van der Waals surface area contributed by atoms with Crippen LogP contribution in [0.4, 0.5) is 5.69 Å². The monoisotopic (exact) mass is 302 g/mol. The zero-order valence-corrected chi connectivity index (χ0v) is 12.9. The molecule has 1 unspecified atom stereocenters. The van der Waals surface area contributed by atoms with Gasteiger partial charge in [-0.15, -0.1) is 0 Å². The summed E-state index contributed by atoms with van der Waals surface area (Å²) >= 11 is 1.45. The largest absolute Gasteiger partial charge is 0.313 e. The van der Waals surface area contributed by atoms with Crippen LogP contribution >= 0.6 is 11.8 Å². The van der Waals surface area contributed by atoms with Gasteiger partial charge in [-0.25, -0.2) is 0 Å². The van der Waals surface area contributed by atoms with Gasteiger partial charge in [-0.2, -0.15) is 0 Å². The van der Waals surface area contributed by atoms with Gasteiger partial charge in [0.1, 0.15) is 0 Å². The number of nitro groups is 1. The summed E-state index contributed by atoms with van der Waals surface area (Å²) < 4.78 is 0. The van der Waals surface area contributed by atoms with Crippen molar-refractivity contribution in [2.45, 2.75) is 29.2 Å². The summed E-state index contributed by atoms with van der Waals surface area (Å²) in [6, 6.07) is 15.1. The SMILES string of the molecule is CCC(NC)c1ccccc1Sc1ccccc1[N+](=O)[O-]. The Morgan fingerprint density at radius 1 is 1.14 bits per heavy atom. The first-order valence-corrected chi connectivity index (χ1v) is 7.66. The van der Waals surface area contributed by atoms with E-state index < -0.39 is 0 Å². The van der Waals surface area contributed by atoms with Gasteiger partial charge in [0.2, 0.25) is 0 Å². The molecule has 0 saturated heterocycles. The third-order valence-corrected chi connectivity index (χ3v) is 4.49. The predicted molar refractivity (Wildman–Crippen MR) is 85.8 cm³/mol. The normalized spacial score (nSPS) is 12.1. The third-order valence-electron chi connectivity index (χ3n) is 3.33. The summed E-state index contributed by atoms with van der Waals surface area (Å²) in [4.78, 5) is 12.5. The molecule has 0 spiro atoms. The highest BCUT2D eigenvalue weighted by atomic mass is 32.2. The van der Waals surface area contributed by atoms with Gasteiger partial charge in [0.25, 0.3) is 5.69 Å². The molecule has 5 heteroatoms. The molecule has 2 aromatic rings. The van der Waals surface area contributed by atoms with Gasteiger partial charge >= 0.3 is 0 Å². The van der Waals surface area contributed by atoms with Crippen molar-refractivity contribution in [3.05, 3.63) is 64.2 Å². The van der Waals surface area contributed by atoms with E-state index in [1.165, 1.54) is 17.3 Å². The summed E-state index contributed by atoms with van der Waals surface area (Å²) in [7, 11) is 1.93. The van der Waals surface area contributed by atoms with Gasteiger partial charge in [-0.3, -0.25) is 10.1 Å². The van der Waals surface area contributed by atoms with Crippen LogP contribution in [0.5, 0.6) is 0 Å². The van der Waals surface area contributed by atoms with Crippen molar-refractivity contribution in [3.8, 4) is 0 Å². The third kappa shape index (κ3) is 3.62. The maximum atomic E-state index is 11.1. The second kappa shape index (κ2) is 7.24. The van der Waals surface area contributed by atoms with Crippen molar-refractivity contribution in [2.75, 3.05) is 7.05 Å². The van der Waals surface area contributed by atoms with Crippen LogP contribution in [0.3, 0.4) is 0 Å². The highest BCUT2D eigenvalue weighted by Gasteiger charge is 2.17. The standard InChI is InChI=1S/C16H18N2O2S/c1-3-13(17-2)12-8-4-6-10-15(12)21-16-11-7-5-9-14(16)18(19)20/h4-11,13,17H,3H2,1-2H3. The second-order valence-corrected chi connectivity index (χ2v) is 5.70. The lowest BCUT2D eigenvalue weighted by atomic mass is 10.1. The van der Waals surface area contributed by atoms with E-state index >= 15 is 0 Å². The van der Waals surface area contributed by atoms with Crippen molar-refractivity contribution in [1.29, 1.82) is 0 Å². The Labute approximate surface area is 128 Å². The number of nitro benzene ring substituents is 1. The minimum Gasteiger partial charge on any atom is -0.313 e. The number of rotatable bonds is 6. The molecule has 0 heterocycles. The molecule has 1 N–H and O–H groups in total. The molecule has 0 bridgehead atoms. The molecule has 0 aromatic heterocycles. The quantitative estimate of drug-likeness (QED) is 0.634. The van der Waals surface area contributed by atoms with E-state index in [9.17, 15) is 10.1 Å². The summed E-state index contributed by atoms with van der Waals surface area (Å²) in [5, 5.41) is 14.4. The maximum absolute atomic E-state index is 11.1. The Morgan fingerprint density at radius 3 is 2.38 bits per heavy atom. The zero-order chi connectivity index (χ0) is 15.2. The van der Waals surface area contributed by atoms with E-state index in [1.807, 2.05) is 31.3 Å². The van der Waals surface area contributed by atoms with Gasteiger partial charge in [0, 0.05) is 17.0 Å². The highest BCUT2D eigenvalue weighted by molar-refractivity contribution is 7.99. The number of benzene rings is 2. The van der Waals surface area contributed by atoms with E-state index in [0.29, 0.717) is 4.90 Å². The average molecular weight is 302 g/mol. The van der Waals surface area contributed by atoms with E-state index in [0.717, 1.165) is 11.3 Å². The number of para-hydroxylation sites is 1. The van der Waals surface area contributed by atoms with Crippen molar-refractivity contribution in [3.63, 3.8) is 0 Å². The fourth-order valence-corrected chi connectivity index (χ4v) is 3.36. The number of nitrogens with zero attached hydrogens (tertiary/aromatic N) is 1. The topological polar surface area (TPSA) is 55.2 Å². The molecule has 0 aliphatic carbocycles. The maximum Gasteiger partial charge on any atom is 0.283 e. The molecule has 2 rings (SSSR count). The van der Waals surface area contributed by atoms with E-state index in [4.69, 9.17) is 0 Å². The smallest absolute Gasteiger partial charge is 0.283 e. The molecule has 1 atom stereocenters. The summed E-state index contributed by atoms with van der Waals surface area (Å²) in [5.41, 5.74) is 1.32. The Kier molecular flexibility index (Phi) is 5.36. The lowest BCUT2D eigenvalue weighted by Gasteiger charge is -2.18. The average Bonchev–Trinajstić information content (AvgIpc) is 2.50. The van der Waals surface area contributed by atoms with Gasteiger partial charge in [0.05, 0.1) is 9.82 Å². The molecular formula is C16H18N2O2S. The molecule has 0 fully saturated rings. The predicted octanol–water partition coefficient (Wildman–Crippen LogP) is 4.42. The van der Waals surface area contributed by atoms with Crippen molar-refractivity contribution >= 4 is 17.4 Å². The van der Waals surface area contributed by atoms with Crippen LogP contribution in [0.1, 0.15) is 24.9 Å². The highest BCUT2D eigenvalue weighted by Crippen LogP contribution is 2.38. The van der Waals surface area contributed by atoms with Gasteiger partial charge in [0.15, 0.2) is 0 Å². The molecule has 4 nitrogen and oxygen atoms in total. The minimum atomic E-state index is -0.333.